The van der Waals surface area contributed by atoms with Gasteiger partial charge in [0.05, 0.1) is 0 Å². The molecule has 0 aliphatic carbocycles. The Hall–Kier alpha value is -2.44. The molecular formula is C15H19N7. The van der Waals surface area contributed by atoms with Gasteiger partial charge in [0.1, 0.15) is 11.6 Å². The zero-order chi connectivity index (χ0) is 15.1. The summed E-state index contributed by atoms with van der Waals surface area (Å²) in [5.41, 5.74) is 0.794. The summed E-state index contributed by atoms with van der Waals surface area (Å²) >= 11 is 0. The Morgan fingerprint density at radius 3 is 2.91 bits per heavy atom. The highest BCUT2D eigenvalue weighted by Crippen LogP contribution is 2.25. The maximum absolute atomic E-state index is 4.71. The Morgan fingerprint density at radius 2 is 2.09 bits per heavy atom. The molecule has 1 aliphatic rings. The second-order valence-electron chi connectivity index (χ2n) is 5.83. The molecular weight excluding hydrogens is 278 g/mol. The molecule has 1 unspecified atom stereocenters. The van der Waals surface area contributed by atoms with Crippen molar-refractivity contribution in [2.24, 2.45) is 0 Å². The van der Waals surface area contributed by atoms with Gasteiger partial charge in [-0.3, -0.25) is 0 Å². The van der Waals surface area contributed by atoms with E-state index in [1.807, 2.05) is 42.9 Å². The first-order valence-electron chi connectivity index (χ1n) is 7.66. The second kappa shape index (κ2) is 5.08. The number of aromatic nitrogens is 6. The van der Waals surface area contributed by atoms with Gasteiger partial charge in [0.25, 0.3) is 0 Å². The highest BCUT2D eigenvalue weighted by atomic mass is 15.4. The highest BCUT2D eigenvalue weighted by molar-refractivity contribution is 5.47. The molecule has 4 rings (SSSR count). The molecule has 0 amide bonds. The van der Waals surface area contributed by atoms with Crippen LogP contribution in [0.5, 0.6) is 0 Å². The van der Waals surface area contributed by atoms with Crippen LogP contribution in [0.2, 0.25) is 0 Å². The van der Waals surface area contributed by atoms with E-state index in [1.54, 1.807) is 0 Å². The van der Waals surface area contributed by atoms with Crippen molar-refractivity contribution in [2.75, 3.05) is 11.4 Å². The van der Waals surface area contributed by atoms with Crippen molar-refractivity contribution in [2.45, 2.75) is 39.3 Å². The quantitative estimate of drug-likeness (QED) is 0.735. The molecule has 0 bridgehead atoms. The van der Waals surface area contributed by atoms with Crippen molar-refractivity contribution in [3.8, 4) is 0 Å². The number of fused-ring (bicyclic) bond motifs is 1. The largest absolute Gasteiger partial charge is 0.350 e. The number of hydrogen-bond donors (Lipinski definition) is 0. The van der Waals surface area contributed by atoms with Crippen LogP contribution in [0.1, 0.15) is 24.5 Å². The summed E-state index contributed by atoms with van der Waals surface area (Å²) < 4.78 is 4.03. The van der Waals surface area contributed by atoms with E-state index in [0.717, 1.165) is 36.2 Å². The third kappa shape index (κ3) is 2.13. The lowest BCUT2D eigenvalue weighted by atomic mass is 10.2. The minimum atomic E-state index is 0.453. The van der Waals surface area contributed by atoms with Gasteiger partial charge in [0.2, 0.25) is 0 Å². The average Bonchev–Trinajstić information content (AvgIpc) is 3.22. The fourth-order valence-electron chi connectivity index (χ4n) is 3.19. The van der Waals surface area contributed by atoms with Gasteiger partial charge < -0.3 is 9.47 Å². The second-order valence-corrected chi connectivity index (χ2v) is 5.83. The Balaban J connectivity index is 1.64. The van der Waals surface area contributed by atoms with E-state index in [9.17, 15) is 0 Å². The Labute approximate surface area is 128 Å². The van der Waals surface area contributed by atoms with Crippen LogP contribution in [0, 0.1) is 13.8 Å². The van der Waals surface area contributed by atoms with Gasteiger partial charge in [-0.15, -0.1) is 15.3 Å². The molecule has 0 aromatic carbocycles. The first-order chi connectivity index (χ1) is 10.7. The number of rotatable bonds is 3. The van der Waals surface area contributed by atoms with E-state index in [4.69, 9.17) is 5.10 Å². The minimum Gasteiger partial charge on any atom is -0.350 e. The number of imidazole rings is 1. The van der Waals surface area contributed by atoms with Crippen LogP contribution in [0.3, 0.4) is 0 Å². The summed E-state index contributed by atoms with van der Waals surface area (Å²) in [6.07, 6.45) is 6.28. The summed E-state index contributed by atoms with van der Waals surface area (Å²) in [6.45, 7) is 5.96. The standard InChI is InChI=1S/C15H19N7/c1-11-16-7-9-20(11)10-13-4-3-8-21(13)15-6-5-14-18-17-12(2)22(14)19-15/h5-7,9,13H,3-4,8,10H2,1-2H3. The molecule has 0 saturated carbocycles. The van der Waals surface area contributed by atoms with E-state index in [2.05, 4.69) is 24.6 Å². The summed E-state index contributed by atoms with van der Waals surface area (Å²) in [6, 6.07) is 4.48. The predicted octanol–water partition coefficient (Wildman–Crippen LogP) is 1.61. The lowest BCUT2D eigenvalue weighted by molar-refractivity contribution is 0.536. The molecule has 114 valence electrons. The SMILES string of the molecule is Cc1nccn1CC1CCCN1c1ccc2nnc(C)n2n1. The van der Waals surface area contributed by atoms with Crippen LogP contribution in [0.25, 0.3) is 5.65 Å². The van der Waals surface area contributed by atoms with Crippen LogP contribution in [-0.4, -0.2) is 41.9 Å². The first kappa shape index (κ1) is 13.2. The molecule has 1 aliphatic heterocycles. The van der Waals surface area contributed by atoms with E-state index in [0.29, 0.717) is 6.04 Å². The molecule has 1 saturated heterocycles. The molecule has 1 fully saturated rings. The van der Waals surface area contributed by atoms with Crippen LogP contribution >= 0.6 is 0 Å². The number of aryl methyl sites for hydroxylation is 2. The number of anilines is 1. The van der Waals surface area contributed by atoms with E-state index in [1.165, 1.54) is 12.8 Å². The molecule has 0 spiro atoms. The van der Waals surface area contributed by atoms with Gasteiger partial charge >= 0.3 is 0 Å². The molecule has 0 N–H and O–H groups in total. The molecule has 4 heterocycles. The molecule has 1 atom stereocenters. The predicted molar refractivity (Wildman–Crippen MR) is 82.9 cm³/mol. The van der Waals surface area contributed by atoms with Crippen molar-refractivity contribution in [3.05, 3.63) is 36.2 Å². The average molecular weight is 297 g/mol. The zero-order valence-corrected chi connectivity index (χ0v) is 12.8. The topological polar surface area (TPSA) is 64.1 Å². The summed E-state index contributed by atoms with van der Waals surface area (Å²) in [7, 11) is 0. The monoisotopic (exact) mass is 297 g/mol. The van der Waals surface area contributed by atoms with Crippen LogP contribution < -0.4 is 4.90 Å². The number of nitrogens with zero attached hydrogens (tertiary/aromatic N) is 7. The first-order valence-corrected chi connectivity index (χ1v) is 7.66. The van der Waals surface area contributed by atoms with Crippen LogP contribution in [0.4, 0.5) is 5.82 Å². The lowest BCUT2D eigenvalue weighted by Crippen LogP contribution is -2.34. The third-order valence-electron chi connectivity index (χ3n) is 4.41. The van der Waals surface area contributed by atoms with Crippen molar-refractivity contribution in [1.29, 1.82) is 0 Å². The maximum atomic E-state index is 4.71. The molecule has 7 nitrogen and oxygen atoms in total. The van der Waals surface area contributed by atoms with Crippen molar-refractivity contribution >= 4 is 11.5 Å². The van der Waals surface area contributed by atoms with Crippen molar-refractivity contribution in [3.63, 3.8) is 0 Å². The third-order valence-corrected chi connectivity index (χ3v) is 4.41. The number of hydrogen-bond acceptors (Lipinski definition) is 5. The zero-order valence-electron chi connectivity index (χ0n) is 12.8. The van der Waals surface area contributed by atoms with Crippen LogP contribution in [0.15, 0.2) is 24.5 Å². The van der Waals surface area contributed by atoms with Gasteiger partial charge in [-0.1, -0.05) is 0 Å². The van der Waals surface area contributed by atoms with Crippen LogP contribution in [-0.2, 0) is 6.54 Å². The van der Waals surface area contributed by atoms with Gasteiger partial charge in [0.15, 0.2) is 11.5 Å². The Morgan fingerprint density at radius 1 is 1.18 bits per heavy atom. The van der Waals surface area contributed by atoms with Gasteiger partial charge in [0, 0.05) is 31.5 Å². The molecule has 7 heteroatoms. The molecule has 3 aromatic heterocycles. The maximum Gasteiger partial charge on any atom is 0.178 e. The van der Waals surface area contributed by atoms with Gasteiger partial charge in [-0.25, -0.2) is 4.98 Å². The summed E-state index contributed by atoms with van der Waals surface area (Å²) in [5, 5.41) is 12.9. The van der Waals surface area contributed by atoms with Crippen molar-refractivity contribution < 1.29 is 0 Å². The summed E-state index contributed by atoms with van der Waals surface area (Å²) in [4.78, 5) is 6.70. The highest BCUT2D eigenvalue weighted by Gasteiger charge is 2.26. The normalized spacial score (nSPS) is 18.5. The molecule has 3 aromatic rings. The van der Waals surface area contributed by atoms with Crippen molar-refractivity contribution in [1.82, 2.24) is 29.4 Å². The minimum absolute atomic E-state index is 0.453. The fraction of sp³-hybridized carbons (Fsp3) is 0.467. The van der Waals surface area contributed by atoms with Gasteiger partial charge in [-0.2, -0.15) is 4.52 Å². The Kier molecular flexibility index (Phi) is 3.06. The molecule has 0 radical (unpaired) electrons. The molecule has 22 heavy (non-hydrogen) atoms. The lowest BCUT2D eigenvalue weighted by Gasteiger charge is -2.26. The van der Waals surface area contributed by atoms with E-state index >= 15 is 0 Å². The Bertz CT molecular complexity index is 803. The fourth-order valence-corrected chi connectivity index (χ4v) is 3.19. The smallest absolute Gasteiger partial charge is 0.178 e. The van der Waals surface area contributed by atoms with Gasteiger partial charge in [-0.05, 0) is 38.8 Å². The van der Waals surface area contributed by atoms with E-state index in [-0.39, 0.29) is 0 Å². The summed E-state index contributed by atoms with van der Waals surface area (Å²) in [5.74, 6) is 2.87. The van der Waals surface area contributed by atoms with E-state index < -0.39 is 0 Å².